The van der Waals surface area contributed by atoms with Crippen molar-refractivity contribution in [1.29, 1.82) is 0 Å². The van der Waals surface area contributed by atoms with Gasteiger partial charge in [-0.2, -0.15) is 0 Å². The predicted octanol–water partition coefficient (Wildman–Crippen LogP) is 3.88. The van der Waals surface area contributed by atoms with Crippen LogP contribution in [-0.2, 0) is 0 Å². The first-order valence-corrected chi connectivity index (χ1v) is 4.92. The molecule has 0 bridgehead atoms. The summed E-state index contributed by atoms with van der Waals surface area (Å²) >= 11 is 0. The van der Waals surface area contributed by atoms with Crippen LogP contribution >= 0.6 is 0 Å². The van der Waals surface area contributed by atoms with Gasteiger partial charge >= 0.3 is 0 Å². The number of hydrogen-bond donors (Lipinski definition) is 0. The quantitative estimate of drug-likeness (QED) is 0.414. The van der Waals surface area contributed by atoms with Gasteiger partial charge in [0.05, 0.1) is 0 Å². The Kier molecular flexibility index (Phi) is 6.40. The van der Waals surface area contributed by atoms with E-state index >= 15 is 0 Å². The minimum Gasteiger partial charge on any atom is -0.0929 e. The van der Waals surface area contributed by atoms with Crippen LogP contribution in [0.15, 0.2) is 12.2 Å². The lowest BCUT2D eigenvalue weighted by molar-refractivity contribution is 0.911. The van der Waals surface area contributed by atoms with E-state index in [-0.39, 0.29) is 0 Å². The average Bonchev–Trinajstić information content (AvgIpc) is 2.05. The molecule has 64 valence electrons. The molecule has 0 saturated carbocycles. The maximum atomic E-state index is 2.36. The Labute approximate surface area is 72.2 Å². The lowest BCUT2D eigenvalue weighted by Gasteiger charge is -2.16. The molecule has 0 N–H and O–H groups in total. The standard InChI is InChI=1S/C10H21B/c1-5-9-10(6-2)11(7-3)8-4/h5,9-10H,6-8H2,1-4H3/b9-5+. The molecule has 0 amide bonds. The summed E-state index contributed by atoms with van der Waals surface area (Å²) in [6.45, 7) is 9.88. The second-order valence-corrected chi connectivity index (χ2v) is 3.17. The van der Waals surface area contributed by atoms with Gasteiger partial charge < -0.3 is 0 Å². The van der Waals surface area contributed by atoms with Crippen LogP contribution in [0.25, 0.3) is 0 Å². The first kappa shape index (κ1) is 10.8. The van der Waals surface area contributed by atoms with Crippen molar-refractivity contribution in [2.75, 3.05) is 0 Å². The Morgan fingerprint density at radius 3 is 2.00 bits per heavy atom. The van der Waals surface area contributed by atoms with Crippen molar-refractivity contribution in [2.45, 2.75) is 52.6 Å². The highest BCUT2D eigenvalue weighted by molar-refractivity contribution is 6.60. The SMILES string of the molecule is C/C=C/C(CC)B(CC)CC. The van der Waals surface area contributed by atoms with E-state index in [1.54, 1.807) is 0 Å². The molecule has 1 atom stereocenters. The summed E-state index contributed by atoms with van der Waals surface area (Å²) in [5, 5.41) is 0. The largest absolute Gasteiger partial charge is 0.146 e. The number of allylic oxidation sites excluding steroid dienone is 2. The summed E-state index contributed by atoms with van der Waals surface area (Å²) in [6.07, 6.45) is 8.47. The molecule has 0 fully saturated rings. The molecule has 0 rings (SSSR count). The summed E-state index contributed by atoms with van der Waals surface area (Å²) in [5.74, 6) is 0.815. The molecular weight excluding hydrogens is 131 g/mol. The number of rotatable bonds is 5. The fraction of sp³-hybridized carbons (Fsp3) is 0.800. The topological polar surface area (TPSA) is 0 Å². The van der Waals surface area contributed by atoms with E-state index in [1.807, 2.05) is 0 Å². The maximum Gasteiger partial charge on any atom is 0.146 e. The molecule has 0 radical (unpaired) electrons. The van der Waals surface area contributed by atoms with Gasteiger partial charge in [0.25, 0.3) is 0 Å². The van der Waals surface area contributed by atoms with Crippen LogP contribution in [-0.4, -0.2) is 6.71 Å². The van der Waals surface area contributed by atoms with Crippen LogP contribution in [0, 0.1) is 0 Å². The van der Waals surface area contributed by atoms with Crippen LogP contribution < -0.4 is 0 Å². The van der Waals surface area contributed by atoms with Crippen molar-refractivity contribution >= 4 is 6.71 Å². The van der Waals surface area contributed by atoms with Gasteiger partial charge in [0.15, 0.2) is 0 Å². The van der Waals surface area contributed by atoms with Crippen LogP contribution in [0.4, 0.5) is 0 Å². The fourth-order valence-electron chi connectivity index (χ4n) is 1.77. The third-order valence-electron chi connectivity index (χ3n) is 2.57. The lowest BCUT2D eigenvalue weighted by atomic mass is 9.37. The Hall–Kier alpha value is -0.195. The summed E-state index contributed by atoms with van der Waals surface area (Å²) in [6, 6.07) is 0. The zero-order valence-electron chi connectivity index (χ0n) is 8.43. The van der Waals surface area contributed by atoms with Crippen molar-refractivity contribution in [3.63, 3.8) is 0 Å². The highest BCUT2D eigenvalue weighted by Gasteiger charge is 2.16. The van der Waals surface area contributed by atoms with Crippen molar-refractivity contribution in [1.82, 2.24) is 0 Å². The van der Waals surface area contributed by atoms with Gasteiger partial charge in [0.1, 0.15) is 6.71 Å². The van der Waals surface area contributed by atoms with Gasteiger partial charge in [0.2, 0.25) is 0 Å². The molecule has 0 aliphatic rings. The molecule has 0 aromatic carbocycles. The van der Waals surface area contributed by atoms with Crippen LogP contribution in [0.3, 0.4) is 0 Å². The van der Waals surface area contributed by atoms with E-state index in [1.165, 1.54) is 19.1 Å². The average molecular weight is 152 g/mol. The normalized spacial score (nSPS) is 13.8. The second-order valence-electron chi connectivity index (χ2n) is 3.17. The molecular formula is C10H21B. The highest BCUT2D eigenvalue weighted by Crippen LogP contribution is 2.22. The summed E-state index contributed by atoms with van der Waals surface area (Å²) in [7, 11) is 0. The molecule has 11 heavy (non-hydrogen) atoms. The third-order valence-corrected chi connectivity index (χ3v) is 2.57. The molecule has 1 heteroatoms. The van der Waals surface area contributed by atoms with Crippen molar-refractivity contribution in [3.8, 4) is 0 Å². The summed E-state index contributed by atoms with van der Waals surface area (Å²) in [4.78, 5) is 0. The lowest BCUT2D eigenvalue weighted by Crippen LogP contribution is -2.16. The van der Waals surface area contributed by atoms with Crippen molar-refractivity contribution < 1.29 is 0 Å². The molecule has 0 spiro atoms. The Bertz CT molecular complexity index is 103. The van der Waals surface area contributed by atoms with Gasteiger partial charge in [-0.15, -0.1) is 0 Å². The molecule has 0 saturated heterocycles. The van der Waals surface area contributed by atoms with E-state index in [4.69, 9.17) is 0 Å². The molecule has 0 aromatic heterocycles. The van der Waals surface area contributed by atoms with Crippen molar-refractivity contribution in [2.24, 2.45) is 0 Å². The third kappa shape index (κ3) is 3.64. The Morgan fingerprint density at radius 2 is 1.73 bits per heavy atom. The Morgan fingerprint density at radius 1 is 1.18 bits per heavy atom. The maximum absolute atomic E-state index is 2.36. The minimum atomic E-state index is 0.815. The zero-order valence-corrected chi connectivity index (χ0v) is 8.43. The van der Waals surface area contributed by atoms with Gasteiger partial charge in [0, 0.05) is 0 Å². The molecule has 0 nitrogen and oxygen atoms in total. The van der Waals surface area contributed by atoms with Crippen LogP contribution in [0.5, 0.6) is 0 Å². The molecule has 1 unspecified atom stereocenters. The van der Waals surface area contributed by atoms with Crippen LogP contribution in [0.1, 0.15) is 34.1 Å². The molecule has 0 heterocycles. The smallest absolute Gasteiger partial charge is 0.0929 e. The van der Waals surface area contributed by atoms with E-state index < -0.39 is 0 Å². The van der Waals surface area contributed by atoms with Crippen molar-refractivity contribution in [3.05, 3.63) is 12.2 Å². The van der Waals surface area contributed by atoms with Gasteiger partial charge in [-0.05, 0) is 12.7 Å². The highest BCUT2D eigenvalue weighted by atomic mass is 13.9. The van der Waals surface area contributed by atoms with E-state index in [0.29, 0.717) is 0 Å². The van der Waals surface area contributed by atoms with Gasteiger partial charge in [-0.3, -0.25) is 0 Å². The minimum absolute atomic E-state index is 0.815. The molecule has 0 aliphatic heterocycles. The second kappa shape index (κ2) is 6.51. The van der Waals surface area contributed by atoms with E-state index in [0.717, 1.165) is 12.5 Å². The molecule has 0 aliphatic carbocycles. The monoisotopic (exact) mass is 152 g/mol. The molecule has 0 aromatic rings. The van der Waals surface area contributed by atoms with Gasteiger partial charge in [-0.25, -0.2) is 0 Å². The summed E-state index contributed by atoms with van der Waals surface area (Å²) in [5.41, 5.74) is 0. The van der Waals surface area contributed by atoms with E-state index in [2.05, 4.69) is 39.8 Å². The van der Waals surface area contributed by atoms with E-state index in [9.17, 15) is 0 Å². The fourth-order valence-corrected chi connectivity index (χ4v) is 1.77. The Balaban J connectivity index is 3.97. The first-order chi connectivity index (χ1) is 5.29. The predicted molar refractivity (Wildman–Crippen MR) is 55.6 cm³/mol. The number of hydrogen-bond acceptors (Lipinski definition) is 0. The first-order valence-electron chi connectivity index (χ1n) is 4.92. The summed E-state index contributed by atoms with van der Waals surface area (Å²) < 4.78 is 0. The van der Waals surface area contributed by atoms with Gasteiger partial charge in [-0.1, -0.05) is 52.0 Å². The zero-order chi connectivity index (χ0) is 8.69. The van der Waals surface area contributed by atoms with Crippen LogP contribution in [0.2, 0.25) is 18.5 Å².